The lowest BCUT2D eigenvalue weighted by atomic mass is 9.93. The van der Waals surface area contributed by atoms with Gasteiger partial charge in [-0.15, -0.1) is 0 Å². The van der Waals surface area contributed by atoms with E-state index in [1.165, 1.54) is 17.5 Å². The van der Waals surface area contributed by atoms with Crippen LogP contribution in [0.15, 0.2) is 24.3 Å². The van der Waals surface area contributed by atoms with E-state index in [4.69, 9.17) is 4.74 Å². The van der Waals surface area contributed by atoms with Gasteiger partial charge in [-0.3, -0.25) is 0 Å². The van der Waals surface area contributed by atoms with Crippen molar-refractivity contribution < 1.29 is 4.74 Å². The van der Waals surface area contributed by atoms with Crippen molar-refractivity contribution in [1.29, 1.82) is 0 Å². The Kier molecular flexibility index (Phi) is 4.04. The summed E-state index contributed by atoms with van der Waals surface area (Å²) in [6.07, 6.45) is 2.68. The Balaban J connectivity index is 2.02. The molecule has 0 spiro atoms. The van der Waals surface area contributed by atoms with Crippen LogP contribution in [0.2, 0.25) is 0 Å². The SMILES string of the molecule is Cc1ccccc1CC(Br)C1CCOC1C. The summed E-state index contributed by atoms with van der Waals surface area (Å²) in [4.78, 5) is 0.533. The van der Waals surface area contributed by atoms with E-state index in [1.807, 2.05) is 0 Å². The van der Waals surface area contributed by atoms with E-state index in [0.717, 1.165) is 13.0 Å². The molecule has 2 heteroatoms. The zero-order chi connectivity index (χ0) is 11.5. The van der Waals surface area contributed by atoms with Crippen LogP contribution in [0.25, 0.3) is 0 Å². The van der Waals surface area contributed by atoms with E-state index >= 15 is 0 Å². The Bertz CT molecular complexity index is 350. The van der Waals surface area contributed by atoms with Crippen LogP contribution in [0.1, 0.15) is 24.5 Å². The molecular weight excluding hydrogens is 264 g/mol. The van der Waals surface area contributed by atoms with Crippen LogP contribution >= 0.6 is 15.9 Å². The van der Waals surface area contributed by atoms with Gasteiger partial charge in [-0.2, -0.15) is 0 Å². The van der Waals surface area contributed by atoms with Crippen LogP contribution in [0.5, 0.6) is 0 Å². The van der Waals surface area contributed by atoms with Gasteiger partial charge in [0, 0.05) is 11.4 Å². The second-order valence-electron chi connectivity index (χ2n) is 4.68. The molecule has 88 valence electrons. The quantitative estimate of drug-likeness (QED) is 0.768. The van der Waals surface area contributed by atoms with Gasteiger partial charge >= 0.3 is 0 Å². The van der Waals surface area contributed by atoms with Gasteiger partial charge < -0.3 is 4.74 Å². The van der Waals surface area contributed by atoms with Crippen LogP contribution in [0, 0.1) is 12.8 Å². The van der Waals surface area contributed by atoms with Crippen molar-refractivity contribution in [2.45, 2.75) is 37.6 Å². The van der Waals surface area contributed by atoms with Crippen molar-refractivity contribution in [3.63, 3.8) is 0 Å². The zero-order valence-electron chi connectivity index (χ0n) is 9.95. The summed E-state index contributed by atoms with van der Waals surface area (Å²) in [6, 6.07) is 8.63. The average Bonchev–Trinajstić information content (AvgIpc) is 2.68. The molecule has 3 unspecified atom stereocenters. The average molecular weight is 283 g/mol. The molecule has 16 heavy (non-hydrogen) atoms. The Labute approximate surface area is 106 Å². The molecule has 0 radical (unpaired) electrons. The number of hydrogen-bond acceptors (Lipinski definition) is 1. The minimum absolute atomic E-state index is 0.397. The van der Waals surface area contributed by atoms with E-state index in [2.05, 4.69) is 54.0 Å². The summed E-state index contributed by atoms with van der Waals surface area (Å²) in [5, 5.41) is 0. The summed E-state index contributed by atoms with van der Waals surface area (Å²) in [5.41, 5.74) is 2.84. The van der Waals surface area contributed by atoms with E-state index in [0.29, 0.717) is 16.8 Å². The maximum Gasteiger partial charge on any atom is 0.0586 e. The fraction of sp³-hybridized carbons (Fsp3) is 0.571. The second kappa shape index (κ2) is 5.33. The maximum atomic E-state index is 5.62. The van der Waals surface area contributed by atoms with E-state index in [1.54, 1.807) is 0 Å². The molecule has 1 heterocycles. The predicted molar refractivity (Wildman–Crippen MR) is 71.1 cm³/mol. The van der Waals surface area contributed by atoms with Gasteiger partial charge in [-0.1, -0.05) is 40.2 Å². The van der Waals surface area contributed by atoms with Crippen molar-refractivity contribution in [2.75, 3.05) is 6.61 Å². The third-order valence-electron chi connectivity index (χ3n) is 3.58. The topological polar surface area (TPSA) is 9.23 Å². The van der Waals surface area contributed by atoms with Crippen molar-refractivity contribution in [1.82, 2.24) is 0 Å². The Hall–Kier alpha value is -0.340. The number of rotatable bonds is 3. The number of hydrogen-bond donors (Lipinski definition) is 0. The number of ether oxygens (including phenoxy) is 1. The third kappa shape index (κ3) is 2.67. The molecular formula is C14H19BrO. The number of halogens is 1. The smallest absolute Gasteiger partial charge is 0.0586 e. The predicted octanol–water partition coefficient (Wildman–Crippen LogP) is 3.73. The third-order valence-corrected chi connectivity index (χ3v) is 4.58. The lowest BCUT2D eigenvalue weighted by Gasteiger charge is -2.21. The normalized spacial score (nSPS) is 26.9. The van der Waals surface area contributed by atoms with E-state index in [9.17, 15) is 0 Å². The van der Waals surface area contributed by atoms with Crippen LogP contribution in [0.3, 0.4) is 0 Å². The highest BCUT2D eigenvalue weighted by molar-refractivity contribution is 9.09. The molecule has 0 saturated carbocycles. The minimum atomic E-state index is 0.397. The number of aryl methyl sites for hydroxylation is 1. The monoisotopic (exact) mass is 282 g/mol. The Morgan fingerprint density at radius 1 is 1.44 bits per heavy atom. The Morgan fingerprint density at radius 3 is 2.81 bits per heavy atom. The minimum Gasteiger partial charge on any atom is -0.378 e. The maximum absolute atomic E-state index is 5.62. The van der Waals surface area contributed by atoms with Gasteiger partial charge in [0.25, 0.3) is 0 Å². The molecule has 1 aromatic carbocycles. The molecule has 3 atom stereocenters. The van der Waals surface area contributed by atoms with Crippen LogP contribution in [-0.2, 0) is 11.2 Å². The van der Waals surface area contributed by atoms with Crippen LogP contribution in [0.4, 0.5) is 0 Å². The first-order valence-electron chi connectivity index (χ1n) is 5.98. The molecule has 1 fully saturated rings. The van der Waals surface area contributed by atoms with Gasteiger partial charge in [0.15, 0.2) is 0 Å². The van der Waals surface area contributed by atoms with E-state index in [-0.39, 0.29) is 0 Å². The summed E-state index contributed by atoms with van der Waals surface area (Å²) in [7, 11) is 0. The number of alkyl halides is 1. The van der Waals surface area contributed by atoms with Crippen LogP contribution in [-0.4, -0.2) is 17.5 Å². The van der Waals surface area contributed by atoms with Crippen molar-refractivity contribution in [2.24, 2.45) is 5.92 Å². The molecule has 1 nitrogen and oxygen atoms in total. The lowest BCUT2D eigenvalue weighted by molar-refractivity contribution is 0.105. The summed E-state index contributed by atoms with van der Waals surface area (Å²) >= 11 is 3.84. The highest BCUT2D eigenvalue weighted by Gasteiger charge is 2.30. The van der Waals surface area contributed by atoms with Crippen molar-refractivity contribution >= 4 is 15.9 Å². The molecule has 1 aliphatic heterocycles. The van der Waals surface area contributed by atoms with Crippen molar-refractivity contribution in [3.05, 3.63) is 35.4 Å². The first-order valence-corrected chi connectivity index (χ1v) is 6.90. The van der Waals surface area contributed by atoms with Gasteiger partial charge in [0.1, 0.15) is 0 Å². The molecule has 2 rings (SSSR count). The van der Waals surface area contributed by atoms with Gasteiger partial charge in [-0.05, 0) is 43.7 Å². The molecule has 0 aromatic heterocycles. The lowest BCUT2D eigenvalue weighted by Crippen LogP contribution is -2.23. The van der Waals surface area contributed by atoms with Gasteiger partial charge in [0.2, 0.25) is 0 Å². The fourth-order valence-electron chi connectivity index (χ4n) is 2.42. The highest BCUT2D eigenvalue weighted by Crippen LogP contribution is 2.30. The summed E-state index contributed by atoms with van der Waals surface area (Å²) in [6.45, 7) is 5.29. The summed E-state index contributed by atoms with van der Waals surface area (Å²) < 4.78 is 5.62. The molecule has 0 amide bonds. The molecule has 0 N–H and O–H groups in total. The van der Waals surface area contributed by atoms with Crippen molar-refractivity contribution in [3.8, 4) is 0 Å². The first kappa shape index (κ1) is 12.1. The molecule has 0 aliphatic carbocycles. The van der Waals surface area contributed by atoms with E-state index < -0.39 is 0 Å². The molecule has 0 bridgehead atoms. The van der Waals surface area contributed by atoms with Gasteiger partial charge in [-0.25, -0.2) is 0 Å². The van der Waals surface area contributed by atoms with Crippen LogP contribution < -0.4 is 0 Å². The zero-order valence-corrected chi connectivity index (χ0v) is 11.5. The Morgan fingerprint density at radius 2 is 2.19 bits per heavy atom. The standard InChI is InChI=1S/C14H19BrO/c1-10-5-3-4-6-12(10)9-14(15)13-7-8-16-11(13)2/h3-6,11,13-14H,7-9H2,1-2H3. The largest absolute Gasteiger partial charge is 0.378 e. The fourth-order valence-corrected chi connectivity index (χ4v) is 3.47. The molecule has 1 saturated heterocycles. The molecule has 1 aliphatic rings. The molecule has 1 aromatic rings. The first-order chi connectivity index (χ1) is 7.68. The van der Waals surface area contributed by atoms with Gasteiger partial charge in [0.05, 0.1) is 6.10 Å². The second-order valence-corrected chi connectivity index (χ2v) is 5.85. The summed E-state index contributed by atoms with van der Waals surface area (Å²) in [5.74, 6) is 0.652. The number of benzene rings is 1. The highest BCUT2D eigenvalue weighted by atomic mass is 79.9.